The smallest absolute Gasteiger partial charge is 0.168 e. The zero-order chi connectivity index (χ0) is 11.0. The molecular weight excluding hydrogens is 220 g/mol. The Morgan fingerprint density at radius 2 is 2.38 bits per heavy atom. The molecule has 1 aliphatic heterocycles. The number of hydrogen-bond acceptors (Lipinski definition) is 3. The Hall–Kier alpha value is -1.42. The fourth-order valence-electron chi connectivity index (χ4n) is 1.83. The number of imidazole rings is 1. The molecule has 0 unspecified atom stereocenters. The van der Waals surface area contributed by atoms with Crippen molar-refractivity contribution in [3.63, 3.8) is 0 Å². The van der Waals surface area contributed by atoms with Crippen molar-refractivity contribution < 1.29 is 4.74 Å². The van der Waals surface area contributed by atoms with Crippen LogP contribution in [0.4, 0.5) is 0 Å². The summed E-state index contributed by atoms with van der Waals surface area (Å²) < 4.78 is 7.42. The van der Waals surface area contributed by atoms with E-state index in [1.165, 1.54) is 0 Å². The number of fused-ring (bicyclic) bond motifs is 1. The first-order valence-electron chi connectivity index (χ1n) is 5.21. The second kappa shape index (κ2) is 3.87. The summed E-state index contributed by atoms with van der Waals surface area (Å²) >= 11 is 1.81. The first kappa shape index (κ1) is 9.78. The van der Waals surface area contributed by atoms with E-state index in [1.807, 2.05) is 30.0 Å². The molecule has 1 aromatic heterocycles. The second-order valence-corrected chi connectivity index (χ2v) is 4.74. The minimum Gasteiger partial charge on any atom is -0.497 e. The summed E-state index contributed by atoms with van der Waals surface area (Å²) in [5.74, 6) is 2.01. The van der Waals surface area contributed by atoms with Crippen LogP contribution < -0.4 is 4.74 Å². The van der Waals surface area contributed by atoms with Gasteiger partial charge in [0.15, 0.2) is 5.16 Å². The molecule has 2 heterocycles. The van der Waals surface area contributed by atoms with Crippen LogP contribution in [0.5, 0.6) is 5.75 Å². The van der Waals surface area contributed by atoms with Gasteiger partial charge in [-0.25, -0.2) is 4.98 Å². The standard InChI is InChI=1S/C12H12N2OS/c1-15-10-4-2-3-9(7-10)11-8-14-5-6-16-12(14)13-11/h2-4,7-8H,5-6H2,1H3. The van der Waals surface area contributed by atoms with Crippen molar-refractivity contribution >= 4 is 11.8 Å². The Kier molecular flexibility index (Phi) is 2.36. The Morgan fingerprint density at radius 3 is 3.19 bits per heavy atom. The van der Waals surface area contributed by atoms with Crippen LogP contribution in [0.15, 0.2) is 35.6 Å². The average Bonchev–Trinajstić information content (AvgIpc) is 2.89. The van der Waals surface area contributed by atoms with E-state index in [-0.39, 0.29) is 0 Å². The van der Waals surface area contributed by atoms with Gasteiger partial charge < -0.3 is 9.30 Å². The predicted molar refractivity (Wildman–Crippen MR) is 64.9 cm³/mol. The van der Waals surface area contributed by atoms with Crippen molar-refractivity contribution in [1.29, 1.82) is 0 Å². The molecule has 1 aliphatic rings. The highest BCUT2D eigenvalue weighted by Gasteiger charge is 2.15. The third-order valence-electron chi connectivity index (χ3n) is 2.67. The van der Waals surface area contributed by atoms with E-state index in [1.54, 1.807) is 7.11 Å². The van der Waals surface area contributed by atoms with E-state index in [4.69, 9.17) is 4.74 Å². The summed E-state index contributed by atoms with van der Waals surface area (Å²) in [6.07, 6.45) is 2.12. The molecular formula is C12H12N2OS. The number of aromatic nitrogens is 2. The Morgan fingerprint density at radius 1 is 1.44 bits per heavy atom. The molecule has 16 heavy (non-hydrogen) atoms. The van der Waals surface area contributed by atoms with Crippen LogP contribution >= 0.6 is 11.8 Å². The van der Waals surface area contributed by atoms with Gasteiger partial charge in [-0.05, 0) is 12.1 Å². The minimum absolute atomic E-state index is 0.873. The lowest BCUT2D eigenvalue weighted by atomic mass is 10.1. The number of aryl methyl sites for hydroxylation is 1. The number of methoxy groups -OCH3 is 1. The van der Waals surface area contributed by atoms with Crippen LogP contribution in [0.25, 0.3) is 11.3 Å². The molecule has 0 aliphatic carbocycles. The number of rotatable bonds is 2. The highest BCUT2D eigenvalue weighted by atomic mass is 32.2. The van der Waals surface area contributed by atoms with Gasteiger partial charge in [0.05, 0.1) is 12.8 Å². The molecule has 2 aromatic rings. The van der Waals surface area contributed by atoms with Gasteiger partial charge >= 0.3 is 0 Å². The quantitative estimate of drug-likeness (QED) is 0.796. The van der Waals surface area contributed by atoms with Gasteiger partial charge in [-0.1, -0.05) is 23.9 Å². The third kappa shape index (κ3) is 1.59. The number of benzene rings is 1. The molecule has 0 amide bonds. The lowest BCUT2D eigenvalue weighted by molar-refractivity contribution is 0.415. The molecule has 3 rings (SSSR count). The van der Waals surface area contributed by atoms with Crippen molar-refractivity contribution in [1.82, 2.24) is 9.55 Å². The van der Waals surface area contributed by atoms with E-state index in [9.17, 15) is 0 Å². The molecule has 0 atom stereocenters. The number of thioether (sulfide) groups is 1. The molecule has 0 saturated heterocycles. The van der Waals surface area contributed by atoms with Crippen molar-refractivity contribution in [2.24, 2.45) is 0 Å². The molecule has 3 nitrogen and oxygen atoms in total. The van der Waals surface area contributed by atoms with E-state index in [0.29, 0.717) is 0 Å². The van der Waals surface area contributed by atoms with Crippen LogP contribution in [0.1, 0.15) is 0 Å². The van der Waals surface area contributed by atoms with Gasteiger partial charge in [-0.2, -0.15) is 0 Å². The molecule has 0 radical (unpaired) electrons. The van der Waals surface area contributed by atoms with E-state index in [2.05, 4.69) is 21.8 Å². The molecule has 0 fully saturated rings. The van der Waals surface area contributed by atoms with Gasteiger partial charge in [-0.3, -0.25) is 0 Å². The van der Waals surface area contributed by atoms with Gasteiger partial charge in [0.1, 0.15) is 5.75 Å². The van der Waals surface area contributed by atoms with Gasteiger partial charge in [0, 0.05) is 24.1 Å². The van der Waals surface area contributed by atoms with Gasteiger partial charge in [0.25, 0.3) is 0 Å². The average molecular weight is 232 g/mol. The molecule has 82 valence electrons. The molecule has 1 aromatic carbocycles. The van der Waals surface area contributed by atoms with E-state index >= 15 is 0 Å². The first-order chi connectivity index (χ1) is 7.86. The number of hydrogen-bond donors (Lipinski definition) is 0. The SMILES string of the molecule is COc1cccc(-c2cn3c(n2)SCC3)c1. The van der Waals surface area contributed by atoms with Gasteiger partial charge in [0.2, 0.25) is 0 Å². The highest BCUT2D eigenvalue weighted by Crippen LogP contribution is 2.30. The van der Waals surface area contributed by atoms with Crippen molar-refractivity contribution in [3.8, 4) is 17.0 Å². The summed E-state index contributed by atoms with van der Waals surface area (Å²) in [6.45, 7) is 1.07. The van der Waals surface area contributed by atoms with Crippen LogP contribution in [0.3, 0.4) is 0 Å². The Bertz CT molecular complexity index is 500. The number of nitrogens with zero attached hydrogens (tertiary/aromatic N) is 2. The van der Waals surface area contributed by atoms with Gasteiger partial charge in [-0.15, -0.1) is 0 Å². The summed E-state index contributed by atoms with van der Waals surface area (Å²) in [7, 11) is 1.68. The predicted octanol–water partition coefficient (Wildman–Crippen LogP) is 2.66. The topological polar surface area (TPSA) is 27.1 Å². The fourth-order valence-corrected chi connectivity index (χ4v) is 2.77. The van der Waals surface area contributed by atoms with Crippen LogP contribution in [0, 0.1) is 0 Å². The summed E-state index contributed by atoms with van der Waals surface area (Å²) in [5, 5.41) is 1.12. The van der Waals surface area contributed by atoms with Crippen LogP contribution in [-0.4, -0.2) is 22.4 Å². The zero-order valence-electron chi connectivity index (χ0n) is 9.01. The Labute approximate surface area is 98.5 Å². The maximum absolute atomic E-state index is 5.21. The van der Waals surface area contributed by atoms with Crippen LogP contribution in [-0.2, 0) is 6.54 Å². The molecule has 0 bridgehead atoms. The summed E-state index contributed by atoms with van der Waals surface area (Å²) in [5.41, 5.74) is 2.14. The monoisotopic (exact) mass is 232 g/mol. The fraction of sp³-hybridized carbons (Fsp3) is 0.250. The van der Waals surface area contributed by atoms with Crippen molar-refractivity contribution in [2.45, 2.75) is 11.7 Å². The van der Waals surface area contributed by atoms with E-state index < -0.39 is 0 Å². The molecule has 0 saturated carbocycles. The largest absolute Gasteiger partial charge is 0.497 e. The first-order valence-corrected chi connectivity index (χ1v) is 6.20. The number of ether oxygens (including phenoxy) is 1. The highest BCUT2D eigenvalue weighted by molar-refractivity contribution is 7.99. The second-order valence-electron chi connectivity index (χ2n) is 3.68. The van der Waals surface area contributed by atoms with Crippen LogP contribution in [0.2, 0.25) is 0 Å². The summed E-state index contributed by atoms with van der Waals surface area (Å²) in [4.78, 5) is 4.61. The lowest BCUT2D eigenvalue weighted by Gasteiger charge is -2.01. The zero-order valence-corrected chi connectivity index (χ0v) is 9.83. The maximum atomic E-state index is 5.21. The Balaban J connectivity index is 2.01. The van der Waals surface area contributed by atoms with Crippen molar-refractivity contribution in [2.75, 3.05) is 12.9 Å². The molecule has 0 N–H and O–H groups in total. The summed E-state index contributed by atoms with van der Waals surface area (Å²) in [6, 6.07) is 8.02. The third-order valence-corrected chi connectivity index (χ3v) is 3.64. The normalized spacial score (nSPS) is 13.8. The molecule has 4 heteroatoms. The van der Waals surface area contributed by atoms with E-state index in [0.717, 1.165) is 34.5 Å². The minimum atomic E-state index is 0.873. The lowest BCUT2D eigenvalue weighted by Crippen LogP contribution is -1.89. The molecule has 0 spiro atoms. The van der Waals surface area contributed by atoms with Crippen molar-refractivity contribution in [3.05, 3.63) is 30.5 Å². The maximum Gasteiger partial charge on any atom is 0.168 e.